The Bertz CT molecular complexity index is 331. The van der Waals surface area contributed by atoms with Gasteiger partial charge in [0.2, 0.25) is 0 Å². The Morgan fingerprint density at radius 3 is 2.80 bits per heavy atom. The zero-order valence-corrected chi connectivity index (χ0v) is 8.74. The van der Waals surface area contributed by atoms with Crippen molar-refractivity contribution in [1.29, 1.82) is 5.26 Å². The number of nitriles is 1. The number of rotatable bonds is 6. The fraction of sp³-hybridized carbons (Fsp3) is 0.417. The van der Waals surface area contributed by atoms with Crippen LogP contribution in [-0.4, -0.2) is 18.3 Å². The molecule has 0 radical (unpaired) electrons. The normalized spacial score (nSPS) is 9.87. The van der Waals surface area contributed by atoms with Crippen molar-refractivity contribution in [3.63, 3.8) is 0 Å². The lowest BCUT2D eigenvalue weighted by atomic mass is 10.1. The van der Waals surface area contributed by atoms with Crippen molar-refractivity contribution >= 4 is 0 Å². The van der Waals surface area contributed by atoms with Gasteiger partial charge in [-0.1, -0.05) is 18.2 Å². The maximum Gasteiger partial charge on any atom is 0.0995 e. The van der Waals surface area contributed by atoms with E-state index >= 15 is 0 Å². The Morgan fingerprint density at radius 1 is 1.27 bits per heavy atom. The van der Waals surface area contributed by atoms with Gasteiger partial charge in [-0.2, -0.15) is 5.26 Å². The molecule has 1 rings (SSSR count). The first-order valence-electron chi connectivity index (χ1n) is 5.18. The van der Waals surface area contributed by atoms with E-state index < -0.39 is 0 Å². The minimum atomic E-state index is 0.246. The average molecular weight is 204 g/mol. The van der Waals surface area contributed by atoms with Crippen LogP contribution in [0, 0.1) is 11.3 Å². The zero-order chi connectivity index (χ0) is 10.9. The Kier molecular flexibility index (Phi) is 5.46. The largest absolute Gasteiger partial charge is 0.396 e. The van der Waals surface area contributed by atoms with Crippen LogP contribution in [0.5, 0.6) is 0 Å². The van der Waals surface area contributed by atoms with Crippen LogP contribution >= 0.6 is 0 Å². The lowest BCUT2D eigenvalue weighted by Crippen LogP contribution is -2.15. The summed E-state index contributed by atoms with van der Waals surface area (Å²) in [6.07, 6.45) is 1.79. The predicted molar refractivity (Wildman–Crippen MR) is 59.2 cm³/mol. The second kappa shape index (κ2) is 6.99. The number of nitrogens with one attached hydrogen (secondary N) is 1. The van der Waals surface area contributed by atoms with E-state index in [0.29, 0.717) is 0 Å². The summed E-state index contributed by atoms with van der Waals surface area (Å²) >= 11 is 0. The molecule has 0 amide bonds. The van der Waals surface area contributed by atoms with E-state index in [1.165, 1.54) is 0 Å². The third-order valence-electron chi connectivity index (χ3n) is 2.21. The van der Waals surface area contributed by atoms with E-state index in [9.17, 15) is 0 Å². The zero-order valence-electron chi connectivity index (χ0n) is 8.74. The highest BCUT2D eigenvalue weighted by Gasteiger charge is 1.98. The molecule has 2 N–H and O–H groups in total. The molecule has 0 fully saturated rings. The summed E-state index contributed by atoms with van der Waals surface area (Å²) in [5, 5.41) is 20.7. The number of hydrogen-bond acceptors (Lipinski definition) is 3. The maximum absolute atomic E-state index is 8.85. The molecule has 80 valence electrons. The summed E-state index contributed by atoms with van der Waals surface area (Å²) in [6, 6.07) is 9.75. The highest BCUT2D eigenvalue weighted by Crippen LogP contribution is 2.06. The van der Waals surface area contributed by atoms with E-state index in [1.54, 1.807) is 0 Å². The molecule has 0 heterocycles. The van der Waals surface area contributed by atoms with Gasteiger partial charge in [0, 0.05) is 13.2 Å². The predicted octanol–water partition coefficient (Wildman–Crippen LogP) is 1.42. The number of nitrogens with zero attached hydrogens (tertiary/aromatic N) is 1. The van der Waals surface area contributed by atoms with E-state index in [1.807, 2.05) is 24.3 Å². The summed E-state index contributed by atoms with van der Waals surface area (Å²) in [4.78, 5) is 0. The number of aliphatic hydroxyl groups is 1. The molecule has 0 aliphatic heterocycles. The summed E-state index contributed by atoms with van der Waals surface area (Å²) in [6.45, 7) is 1.84. The van der Waals surface area contributed by atoms with Crippen LogP contribution < -0.4 is 5.32 Å². The molecule has 0 aromatic heterocycles. The van der Waals surface area contributed by atoms with Gasteiger partial charge in [-0.15, -0.1) is 0 Å². The molecule has 0 atom stereocenters. The lowest BCUT2D eigenvalue weighted by molar-refractivity contribution is 0.283. The molecule has 3 heteroatoms. The van der Waals surface area contributed by atoms with Crippen LogP contribution in [0.3, 0.4) is 0 Å². The van der Waals surface area contributed by atoms with Gasteiger partial charge in [0.25, 0.3) is 0 Å². The molecule has 0 saturated heterocycles. The highest BCUT2D eigenvalue weighted by molar-refractivity contribution is 5.37. The summed E-state index contributed by atoms with van der Waals surface area (Å²) in [5.74, 6) is 0. The fourth-order valence-corrected chi connectivity index (χ4v) is 1.37. The molecule has 0 aliphatic rings. The molecule has 15 heavy (non-hydrogen) atoms. The number of benzene rings is 1. The molecule has 1 aromatic rings. The van der Waals surface area contributed by atoms with Gasteiger partial charge in [-0.3, -0.25) is 0 Å². The molecule has 0 saturated carbocycles. The molecule has 0 bridgehead atoms. The first-order valence-corrected chi connectivity index (χ1v) is 5.18. The van der Waals surface area contributed by atoms with Crippen LogP contribution in [-0.2, 0) is 6.54 Å². The topological polar surface area (TPSA) is 56.0 Å². The SMILES string of the molecule is N#Cc1ccccc1CNCCCCO. The number of unbranched alkanes of at least 4 members (excludes halogenated alkanes) is 1. The lowest BCUT2D eigenvalue weighted by Gasteiger charge is -2.05. The monoisotopic (exact) mass is 204 g/mol. The van der Waals surface area contributed by atoms with Gasteiger partial charge < -0.3 is 10.4 Å². The van der Waals surface area contributed by atoms with Crippen molar-refractivity contribution in [2.45, 2.75) is 19.4 Å². The van der Waals surface area contributed by atoms with Crippen LogP contribution in [0.25, 0.3) is 0 Å². The van der Waals surface area contributed by atoms with Crippen molar-refractivity contribution < 1.29 is 5.11 Å². The Balaban J connectivity index is 2.34. The van der Waals surface area contributed by atoms with Crippen molar-refractivity contribution in [2.75, 3.05) is 13.2 Å². The summed E-state index contributed by atoms with van der Waals surface area (Å²) < 4.78 is 0. The van der Waals surface area contributed by atoms with E-state index in [4.69, 9.17) is 10.4 Å². The van der Waals surface area contributed by atoms with Gasteiger partial charge in [0.1, 0.15) is 0 Å². The van der Waals surface area contributed by atoms with E-state index in [0.717, 1.165) is 37.1 Å². The minimum absolute atomic E-state index is 0.246. The van der Waals surface area contributed by atoms with Crippen LogP contribution in [0.1, 0.15) is 24.0 Å². The summed E-state index contributed by atoms with van der Waals surface area (Å²) in [5.41, 5.74) is 1.76. The third-order valence-corrected chi connectivity index (χ3v) is 2.21. The molecule has 0 unspecified atom stereocenters. The fourth-order valence-electron chi connectivity index (χ4n) is 1.37. The van der Waals surface area contributed by atoms with Gasteiger partial charge in [-0.05, 0) is 31.0 Å². The van der Waals surface area contributed by atoms with Gasteiger partial charge in [-0.25, -0.2) is 0 Å². The van der Waals surface area contributed by atoms with E-state index in [-0.39, 0.29) is 6.61 Å². The Morgan fingerprint density at radius 2 is 2.07 bits per heavy atom. The Hall–Kier alpha value is -1.37. The summed E-state index contributed by atoms with van der Waals surface area (Å²) in [7, 11) is 0. The van der Waals surface area contributed by atoms with Crippen LogP contribution in [0.4, 0.5) is 0 Å². The van der Waals surface area contributed by atoms with Crippen molar-refractivity contribution in [3.05, 3.63) is 35.4 Å². The van der Waals surface area contributed by atoms with E-state index in [2.05, 4.69) is 11.4 Å². The van der Waals surface area contributed by atoms with Crippen LogP contribution in [0.2, 0.25) is 0 Å². The smallest absolute Gasteiger partial charge is 0.0995 e. The molecule has 0 aliphatic carbocycles. The van der Waals surface area contributed by atoms with Crippen molar-refractivity contribution in [3.8, 4) is 6.07 Å². The molecule has 0 spiro atoms. The standard InChI is InChI=1S/C12H16N2O/c13-9-11-5-1-2-6-12(11)10-14-7-3-4-8-15/h1-2,5-6,14-15H,3-4,7-8,10H2. The third kappa shape index (κ3) is 4.11. The number of hydrogen-bond donors (Lipinski definition) is 2. The van der Waals surface area contributed by atoms with Gasteiger partial charge in [0.05, 0.1) is 11.6 Å². The second-order valence-corrected chi connectivity index (χ2v) is 3.38. The quantitative estimate of drug-likeness (QED) is 0.689. The average Bonchev–Trinajstić information content (AvgIpc) is 2.29. The molecular formula is C12H16N2O. The van der Waals surface area contributed by atoms with Crippen molar-refractivity contribution in [1.82, 2.24) is 5.32 Å². The van der Waals surface area contributed by atoms with Crippen molar-refractivity contribution in [2.24, 2.45) is 0 Å². The second-order valence-electron chi connectivity index (χ2n) is 3.38. The molecular weight excluding hydrogens is 188 g/mol. The minimum Gasteiger partial charge on any atom is -0.396 e. The first-order chi connectivity index (χ1) is 7.38. The maximum atomic E-state index is 8.85. The molecule has 3 nitrogen and oxygen atoms in total. The Labute approximate surface area is 90.4 Å². The highest BCUT2D eigenvalue weighted by atomic mass is 16.2. The van der Waals surface area contributed by atoms with Gasteiger partial charge >= 0.3 is 0 Å². The molecule has 1 aromatic carbocycles. The first kappa shape index (κ1) is 11.7. The van der Waals surface area contributed by atoms with Crippen LogP contribution in [0.15, 0.2) is 24.3 Å². The van der Waals surface area contributed by atoms with Gasteiger partial charge in [0.15, 0.2) is 0 Å². The number of aliphatic hydroxyl groups excluding tert-OH is 1.